The van der Waals surface area contributed by atoms with E-state index in [1.165, 1.54) is 12.1 Å². The van der Waals surface area contributed by atoms with Crippen LogP contribution in [0.15, 0.2) is 72.3 Å². The molecule has 0 unspecified atom stereocenters. The number of carbonyl (C=O) groups excluding carboxylic acids is 4. The van der Waals surface area contributed by atoms with Gasteiger partial charge in [-0.3, -0.25) is 19.7 Å². The lowest BCUT2D eigenvalue weighted by molar-refractivity contribution is -0.122. The van der Waals surface area contributed by atoms with Crippen LogP contribution in [-0.2, 0) is 14.4 Å². The summed E-state index contributed by atoms with van der Waals surface area (Å²) in [7, 11) is 0. The maximum absolute atomic E-state index is 13.4. The van der Waals surface area contributed by atoms with Crippen molar-refractivity contribution in [2.75, 3.05) is 30.0 Å². The molecule has 0 aromatic heterocycles. The summed E-state index contributed by atoms with van der Waals surface area (Å²) in [6.07, 6.45) is 2.16. The molecule has 0 bridgehead atoms. The average molecular weight is 558 g/mol. The molecule has 0 saturated carbocycles. The van der Waals surface area contributed by atoms with Crippen LogP contribution >= 0.6 is 0 Å². The number of nitrogens with zero attached hydrogens (tertiary/aromatic N) is 1. The van der Waals surface area contributed by atoms with Crippen molar-refractivity contribution in [3.63, 3.8) is 0 Å². The highest BCUT2D eigenvalue weighted by Crippen LogP contribution is 2.34. The lowest BCUT2D eigenvalue weighted by atomic mass is 10.1. The second-order valence-corrected chi connectivity index (χ2v) is 9.15. The van der Waals surface area contributed by atoms with Gasteiger partial charge < -0.3 is 19.5 Å². The molecule has 1 saturated heterocycles. The Labute approximate surface area is 237 Å². The molecule has 0 atom stereocenters. The number of aryl methyl sites for hydroxylation is 1. The molecule has 0 radical (unpaired) electrons. The summed E-state index contributed by atoms with van der Waals surface area (Å²) < 4.78 is 17.0. The van der Waals surface area contributed by atoms with E-state index in [1.807, 2.05) is 39.0 Å². The van der Waals surface area contributed by atoms with Gasteiger partial charge >= 0.3 is 6.03 Å². The van der Waals surface area contributed by atoms with Gasteiger partial charge in [-0.05, 0) is 73.9 Å². The lowest BCUT2D eigenvalue weighted by Crippen LogP contribution is -2.54. The first kappa shape index (κ1) is 28.9. The van der Waals surface area contributed by atoms with Gasteiger partial charge in [0.05, 0.1) is 18.9 Å². The van der Waals surface area contributed by atoms with E-state index in [9.17, 15) is 19.2 Å². The SMILES string of the molecule is CCCOc1ccc(N2C(=O)NC(=O)/C(=C\c3cccc(OCC(=O)Nc4cccc(C)c4)c3)C2=O)cc1OCC. The van der Waals surface area contributed by atoms with Crippen molar-refractivity contribution in [3.05, 3.63) is 83.4 Å². The average Bonchev–Trinajstić information content (AvgIpc) is 2.94. The number of ether oxygens (including phenoxy) is 3. The largest absolute Gasteiger partial charge is 0.490 e. The molecule has 5 amide bonds. The fourth-order valence-electron chi connectivity index (χ4n) is 4.06. The standard InChI is InChI=1S/C31H31N3O7/c1-4-14-40-26-13-12-23(18-27(26)39-5-2)34-30(37)25(29(36)33-31(34)38)17-21-9-7-11-24(16-21)41-19-28(35)32-22-10-6-8-20(3)15-22/h6-13,15-18H,4-5,14,19H2,1-3H3,(H,32,35)(H,33,36,38)/b25-17+. The lowest BCUT2D eigenvalue weighted by Gasteiger charge is -2.27. The quantitative estimate of drug-likeness (QED) is 0.255. The summed E-state index contributed by atoms with van der Waals surface area (Å²) >= 11 is 0. The molecule has 1 aliphatic heterocycles. The second kappa shape index (κ2) is 13.3. The Kier molecular flexibility index (Phi) is 9.36. The van der Waals surface area contributed by atoms with E-state index in [4.69, 9.17) is 14.2 Å². The zero-order chi connectivity index (χ0) is 29.4. The van der Waals surface area contributed by atoms with E-state index in [0.29, 0.717) is 41.7 Å². The van der Waals surface area contributed by atoms with Crippen LogP contribution < -0.4 is 29.7 Å². The normalized spacial score (nSPS) is 14.1. The molecule has 41 heavy (non-hydrogen) atoms. The molecule has 3 aromatic carbocycles. The number of carbonyl (C=O) groups is 4. The fourth-order valence-corrected chi connectivity index (χ4v) is 4.06. The Morgan fingerprint density at radius 2 is 1.73 bits per heavy atom. The van der Waals surface area contributed by atoms with Gasteiger partial charge in [-0.15, -0.1) is 0 Å². The smallest absolute Gasteiger partial charge is 0.335 e. The first-order valence-electron chi connectivity index (χ1n) is 13.2. The molecule has 212 valence electrons. The first-order valence-corrected chi connectivity index (χ1v) is 13.2. The molecule has 1 fully saturated rings. The third-order valence-electron chi connectivity index (χ3n) is 5.89. The maximum atomic E-state index is 13.4. The summed E-state index contributed by atoms with van der Waals surface area (Å²) in [5.74, 6) is -0.746. The third-order valence-corrected chi connectivity index (χ3v) is 5.89. The van der Waals surface area contributed by atoms with Crippen molar-refractivity contribution in [1.82, 2.24) is 5.32 Å². The van der Waals surface area contributed by atoms with Crippen LogP contribution in [0.2, 0.25) is 0 Å². The second-order valence-electron chi connectivity index (χ2n) is 9.15. The Balaban J connectivity index is 1.51. The number of rotatable bonds is 11. The van der Waals surface area contributed by atoms with Gasteiger partial charge in [0.25, 0.3) is 17.7 Å². The zero-order valence-electron chi connectivity index (χ0n) is 23.1. The number of hydrogen-bond donors (Lipinski definition) is 2. The molecule has 10 heteroatoms. The fraction of sp³-hybridized carbons (Fsp3) is 0.226. The zero-order valence-corrected chi connectivity index (χ0v) is 23.1. The van der Waals surface area contributed by atoms with Gasteiger partial charge in [-0.2, -0.15) is 0 Å². The van der Waals surface area contributed by atoms with Crippen molar-refractivity contribution in [3.8, 4) is 17.2 Å². The molecule has 0 spiro atoms. The minimum absolute atomic E-state index is 0.218. The van der Waals surface area contributed by atoms with E-state index < -0.39 is 17.8 Å². The summed E-state index contributed by atoms with van der Waals surface area (Å²) in [6, 6.07) is 17.8. The minimum Gasteiger partial charge on any atom is -0.490 e. The predicted octanol–water partition coefficient (Wildman–Crippen LogP) is 4.87. The van der Waals surface area contributed by atoms with Crippen LogP contribution in [0, 0.1) is 6.92 Å². The summed E-state index contributed by atoms with van der Waals surface area (Å²) in [5, 5.41) is 4.98. The summed E-state index contributed by atoms with van der Waals surface area (Å²) in [6.45, 7) is 6.29. The van der Waals surface area contributed by atoms with E-state index in [1.54, 1.807) is 42.5 Å². The number of barbiturate groups is 1. The number of anilines is 2. The molecule has 10 nitrogen and oxygen atoms in total. The van der Waals surface area contributed by atoms with Crippen LogP contribution in [-0.4, -0.2) is 43.6 Å². The summed E-state index contributed by atoms with van der Waals surface area (Å²) in [4.78, 5) is 52.0. The van der Waals surface area contributed by atoms with Gasteiger partial charge in [-0.1, -0.05) is 31.2 Å². The number of benzene rings is 3. The van der Waals surface area contributed by atoms with Crippen molar-refractivity contribution < 1.29 is 33.4 Å². The van der Waals surface area contributed by atoms with Crippen molar-refractivity contribution in [2.24, 2.45) is 0 Å². The highest BCUT2D eigenvalue weighted by molar-refractivity contribution is 6.39. The molecule has 1 heterocycles. The van der Waals surface area contributed by atoms with E-state index >= 15 is 0 Å². The van der Waals surface area contributed by atoms with Gasteiger partial charge in [0.1, 0.15) is 11.3 Å². The monoisotopic (exact) mass is 557 g/mol. The van der Waals surface area contributed by atoms with E-state index in [0.717, 1.165) is 16.9 Å². The highest BCUT2D eigenvalue weighted by Gasteiger charge is 2.37. The number of amides is 5. The number of urea groups is 1. The molecular formula is C31H31N3O7. The minimum atomic E-state index is -0.876. The topological polar surface area (TPSA) is 123 Å². The van der Waals surface area contributed by atoms with Crippen molar-refractivity contribution in [1.29, 1.82) is 0 Å². The Bertz CT molecular complexity index is 1500. The molecule has 1 aliphatic rings. The molecule has 3 aromatic rings. The molecular weight excluding hydrogens is 526 g/mol. The first-order chi connectivity index (χ1) is 19.8. The van der Waals surface area contributed by atoms with Crippen molar-refractivity contribution in [2.45, 2.75) is 27.2 Å². The van der Waals surface area contributed by atoms with Gasteiger partial charge in [-0.25, -0.2) is 9.69 Å². The van der Waals surface area contributed by atoms with E-state index in [-0.39, 0.29) is 23.8 Å². The van der Waals surface area contributed by atoms with Crippen LogP contribution in [0.25, 0.3) is 6.08 Å². The highest BCUT2D eigenvalue weighted by atomic mass is 16.5. The van der Waals surface area contributed by atoms with Crippen LogP contribution in [0.4, 0.5) is 16.2 Å². The third kappa shape index (κ3) is 7.30. The number of hydrogen-bond acceptors (Lipinski definition) is 7. The van der Waals surface area contributed by atoms with E-state index in [2.05, 4.69) is 10.6 Å². The van der Waals surface area contributed by atoms with Crippen LogP contribution in [0.1, 0.15) is 31.4 Å². The molecule has 0 aliphatic carbocycles. The van der Waals surface area contributed by atoms with Crippen molar-refractivity contribution >= 4 is 41.2 Å². The van der Waals surface area contributed by atoms with Gasteiger partial charge in [0, 0.05) is 11.8 Å². The maximum Gasteiger partial charge on any atom is 0.335 e. The summed E-state index contributed by atoms with van der Waals surface area (Å²) in [5.41, 5.74) is 2.11. The Morgan fingerprint density at radius 1 is 0.927 bits per heavy atom. The number of nitrogens with one attached hydrogen (secondary N) is 2. The van der Waals surface area contributed by atoms with Crippen LogP contribution in [0.5, 0.6) is 17.2 Å². The molecule has 2 N–H and O–H groups in total. The van der Waals surface area contributed by atoms with Gasteiger partial charge in [0.15, 0.2) is 18.1 Å². The van der Waals surface area contributed by atoms with Crippen LogP contribution in [0.3, 0.4) is 0 Å². The molecule has 4 rings (SSSR count). The Hall–Kier alpha value is -5.12. The Morgan fingerprint density at radius 3 is 2.49 bits per heavy atom. The number of imide groups is 2. The van der Waals surface area contributed by atoms with Gasteiger partial charge in [0.2, 0.25) is 0 Å². The predicted molar refractivity (Wildman–Crippen MR) is 154 cm³/mol.